The van der Waals surface area contributed by atoms with Gasteiger partial charge in [0.05, 0.1) is 0 Å². The topological polar surface area (TPSA) is 93.2 Å². The van der Waals surface area contributed by atoms with Crippen LogP contribution in [-0.4, -0.2) is 21.0 Å². The number of benzene rings is 2. The Labute approximate surface area is 227 Å². The van der Waals surface area contributed by atoms with Gasteiger partial charge >= 0.3 is 0 Å². The molecule has 3 heterocycles. The molecule has 7 nitrogen and oxygen atoms in total. The summed E-state index contributed by atoms with van der Waals surface area (Å²) in [5.74, 6) is 1.09. The second-order valence-corrected chi connectivity index (χ2v) is 9.24. The first-order valence-corrected chi connectivity index (χ1v) is 12.2. The number of thiocarbonyl (C=S) groups is 1. The lowest BCUT2D eigenvalue weighted by atomic mass is 10.1. The van der Waals surface area contributed by atoms with Crippen LogP contribution in [0, 0.1) is 6.92 Å². The molecule has 5 aromatic rings. The van der Waals surface area contributed by atoms with Crippen LogP contribution in [0.1, 0.15) is 11.3 Å². The molecule has 0 aliphatic carbocycles. The molecular weight excluding hydrogens is 531 g/mol. The standard InChI is InChI=1S/C27H18Cl2N4O3S/c1-15-20(26-33-25-23(36-26)6-3-11-30-25)4-2-5-21(15)31-27(37)32-24(34)10-8-19-7-9-22(35-19)16-12-17(28)14-18(29)13-16/h2-14H,1H3,(H2,31,32,34,37)/b10-8+. The molecule has 10 heteroatoms. The first-order chi connectivity index (χ1) is 17.9. The van der Waals surface area contributed by atoms with E-state index in [0.717, 1.165) is 16.7 Å². The van der Waals surface area contributed by atoms with Crippen molar-refractivity contribution < 1.29 is 13.6 Å². The number of hydrogen-bond acceptors (Lipinski definition) is 6. The van der Waals surface area contributed by atoms with E-state index in [-0.39, 0.29) is 5.11 Å². The summed E-state index contributed by atoms with van der Waals surface area (Å²) in [6.07, 6.45) is 4.53. The summed E-state index contributed by atoms with van der Waals surface area (Å²) < 4.78 is 11.6. The van der Waals surface area contributed by atoms with Gasteiger partial charge in [-0.15, -0.1) is 0 Å². The number of fused-ring (bicyclic) bond motifs is 1. The SMILES string of the molecule is Cc1c(NC(=S)NC(=O)/C=C/c2ccc(-c3cc(Cl)cc(Cl)c3)o2)cccc1-c1nc2ncccc2o1. The van der Waals surface area contributed by atoms with Crippen LogP contribution < -0.4 is 10.6 Å². The zero-order valence-corrected chi connectivity index (χ0v) is 21.6. The largest absolute Gasteiger partial charge is 0.457 e. The van der Waals surface area contributed by atoms with Crippen LogP contribution in [0.4, 0.5) is 5.69 Å². The van der Waals surface area contributed by atoms with Crippen LogP contribution in [0.25, 0.3) is 40.1 Å². The number of hydrogen-bond donors (Lipinski definition) is 2. The number of aromatic nitrogens is 2. The Hall–Kier alpha value is -3.98. The van der Waals surface area contributed by atoms with Gasteiger partial charge in [-0.2, -0.15) is 4.98 Å². The van der Waals surface area contributed by atoms with Crippen molar-refractivity contribution in [3.8, 4) is 22.8 Å². The number of amides is 1. The Kier molecular flexibility index (Phi) is 7.05. The third kappa shape index (κ3) is 5.72. The molecule has 1 amide bonds. The first kappa shape index (κ1) is 24.7. The summed E-state index contributed by atoms with van der Waals surface area (Å²) in [4.78, 5) is 21.1. The van der Waals surface area contributed by atoms with E-state index in [9.17, 15) is 4.79 Å². The Morgan fingerprint density at radius 3 is 2.62 bits per heavy atom. The van der Waals surface area contributed by atoms with Gasteiger partial charge in [0.15, 0.2) is 16.3 Å². The number of carbonyl (C=O) groups excluding carboxylic acids is 1. The van der Waals surface area contributed by atoms with Gasteiger partial charge in [0.25, 0.3) is 0 Å². The molecule has 0 bridgehead atoms. The van der Waals surface area contributed by atoms with Crippen molar-refractivity contribution in [3.05, 3.63) is 94.3 Å². The fourth-order valence-electron chi connectivity index (χ4n) is 3.65. The van der Waals surface area contributed by atoms with Crippen molar-refractivity contribution in [2.45, 2.75) is 6.92 Å². The van der Waals surface area contributed by atoms with E-state index in [4.69, 9.17) is 44.3 Å². The highest BCUT2D eigenvalue weighted by molar-refractivity contribution is 7.80. The molecule has 2 N–H and O–H groups in total. The van der Waals surface area contributed by atoms with Crippen molar-refractivity contribution in [2.75, 3.05) is 5.32 Å². The molecule has 184 valence electrons. The molecule has 0 fully saturated rings. The minimum atomic E-state index is -0.417. The second-order valence-electron chi connectivity index (χ2n) is 7.96. The van der Waals surface area contributed by atoms with E-state index in [1.807, 2.05) is 31.2 Å². The summed E-state index contributed by atoms with van der Waals surface area (Å²) in [5, 5.41) is 6.83. The number of nitrogens with zero attached hydrogens (tertiary/aromatic N) is 2. The predicted molar refractivity (Wildman–Crippen MR) is 150 cm³/mol. The number of carbonyl (C=O) groups is 1. The van der Waals surface area contributed by atoms with E-state index < -0.39 is 5.91 Å². The third-order valence-corrected chi connectivity index (χ3v) is 6.03. The van der Waals surface area contributed by atoms with Gasteiger partial charge in [-0.25, -0.2) is 4.98 Å². The van der Waals surface area contributed by atoms with Crippen LogP contribution in [0.3, 0.4) is 0 Å². The van der Waals surface area contributed by atoms with Gasteiger partial charge in [-0.1, -0.05) is 29.3 Å². The molecule has 37 heavy (non-hydrogen) atoms. The van der Waals surface area contributed by atoms with Crippen LogP contribution in [0.2, 0.25) is 10.0 Å². The first-order valence-electron chi connectivity index (χ1n) is 11.0. The Balaban J connectivity index is 1.23. The molecule has 0 spiro atoms. The van der Waals surface area contributed by atoms with E-state index in [0.29, 0.717) is 44.4 Å². The molecule has 0 aliphatic heterocycles. The molecular formula is C27H18Cl2N4O3S. The monoisotopic (exact) mass is 548 g/mol. The van der Waals surface area contributed by atoms with Gasteiger partial charge in [0.1, 0.15) is 11.5 Å². The number of oxazole rings is 1. The highest BCUT2D eigenvalue weighted by Crippen LogP contribution is 2.30. The quantitative estimate of drug-likeness (QED) is 0.176. The molecule has 3 aromatic heterocycles. The molecule has 5 rings (SSSR count). The minimum Gasteiger partial charge on any atom is -0.457 e. The molecule has 2 aromatic carbocycles. The van der Waals surface area contributed by atoms with Gasteiger partial charge in [-0.05, 0) is 85.4 Å². The number of pyridine rings is 1. The van der Waals surface area contributed by atoms with Crippen LogP contribution in [-0.2, 0) is 4.79 Å². The number of furan rings is 1. The van der Waals surface area contributed by atoms with Gasteiger partial charge < -0.3 is 14.2 Å². The van der Waals surface area contributed by atoms with E-state index in [1.165, 1.54) is 6.08 Å². The lowest BCUT2D eigenvalue weighted by Crippen LogP contribution is -2.33. The Morgan fingerprint density at radius 2 is 1.84 bits per heavy atom. The number of halogens is 2. The third-order valence-electron chi connectivity index (χ3n) is 5.39. The Morgan fingerprint density at radius 1 is 1.03 bits per heavy atom. The highest BCUT2D eigenvalue weighted by Gasteiger charge is 2.14. The normalized spacial score (nSPS) is 11.2. The predicted octanol–water partition coefficient (Wildman–Crippen LogP) is 7.29. The number of rotatable bonds is 5. The van der Waals surface area contributed by atoms with Crippen molar-refractivity contribution in [1.29, 1.82) is 0 Å². The fraction of sp³-hybridized carbons (Fsp3) is 0.0370. The van der Waals surface area contributed by atoms with E-state index in [2.05, 4.69) is 20.6 Å². The summed E-state index contributed by atoms with van der Waals surface area (Å²) in [6.45, 7) is 1.91. The summed E-state index contributed by atoms with van der Waals surface area (Å²) in [7, 11) is 0. The van der Waals surface area contributed by atoms with Crippen LogP contribution in [0.5, 0.6) is 0 Å². The number of anilines is 1. The average molecular weight is 549 g/mol. The van der Waals surface area contributed by atoms with Crippen molar-refractivity contribution in [2.24, 2.45) is 0 Å². The lowest BCUT2D eigenvalue weighted by Gasteiger charge is -2.12. The van der Waals surface area contributed by atoms with Gasteiger partial charge in [0.2, 0.25) is 11.8 Å². The lowest BCUT2D eigenvalue weighted by molar-refractivity contribution is -0.115. The maximum absolute atomic E-state index is 12.4. The van der Waals surface area contributed by atoms with Gasteiger partial charge in [0, 0.05) is 39.1 Å². The van der Waals surface area contributed by atoms with Crippen LogP contribution in [0.15, 0.2) is 81.8 Å². The summed E-state index contributed by atoms with van der Waals surface area (Å²) in [6, 6.07) is 17.8. The van der Waals surface area contributed by atoms with E-state index >= 15 is 0 Å². The Bertz CT molecular complexity index is 1620. The highest BCUT2D eigenvalue weighted by atomic mass is 35.5. The van der Waals surface area contributed by atoms with E-state index in [1.54, 1.807) is 48.7 Å². The average Bonchev–Trinajstić information content (AvgIpc) is 3.51. The fourth-order valence-corrected chi connectivity index (χ4v) is 4.38. The summed E-state index contributed by atoms with van der Waals surface area (Å²) >= 11 is 17.5. The molecule has 0 atom stereocenters. The molecule has 0 saturated heterocycles. The van der Waals surface area contributed by atoms with Crippen molar-refractivity contribution in [1.82, 2.24) is 15.3 Å². The maximum atomic E-state index is 12.4. The second kappa shape index (κ2) is 10.6. The molecule has 0 aliphatic rings. The minimum absolute atomic E-state index is 0.142. The van der Waals surface area contributed by atoms with Crippen LogP contribution >= 0.6 is 35.4 Å². The zero-order valence-electron chi connectivity index (χ0n) is 19.3. The number of nitrogens with one attached hydrogen (secondary N) is 2. The smallest absolute Gasteiger partial charge is 0.250 e. The zero-order chi connectivity index (χ0) is 25.9. The maximum Gasteiger partial charge on any atom is 0.250 e. The molecule has 0 saturated carbocycles. The molecule has 0 radical (unpaired) electrons. The van der Waals surface area contributed by atoms with Crippen molar-refractivity contribution >= 4 is 69.4 Å². The van der Waals surface area contributed by atoms with Crippen molar-refractivity contribution in [3.63, 3.8) is 0 Å². The molecule has 0 unspecified atom stereocenters. The van der Waals surface area contributed by atoms with Gasteiger partial charge in [-0.3, -0.25) is 10.1 Å². The summed E-state index contributed by atoms with van der Waals surface area (Å²) in [5.41, 5.74) is 4.21.